The van der Waals surface area contributed by atoms with Gasteiger partial charge in [-0.25, -0.2) is 0 Å². The van der Waals surface area contributed by atoms with Crippen LogP contribution in [0.3, 0.4) is 0 Å². The standard InChI is InChI=1S/C16H18N2O2/c1-3-5-11-18-14(12-9-7-6-8-10-12)15(19)17-13(4-2)16(18)20/h6-10,13-14H,4,11H2,1-2H3,(H,17,19). The monoisotopic (exact) mass is 270 g/mol. The summed E-state index contributed by atoms with van der Waals surface area (Å²) in [7, 11) is 0. The summed E-state index contributed by atoms with van der Waals surface area (Å²) in [5.41, 5.74) is 0.811. The number of amides is 2. The van der Waals surface area contributed by atoms with E-state index in [0.717, 1.165) is 5.56 Å². The molecule has 0 radical (unpaired) electrons. The minimum absolute atomic E-state index is 0.0660. The summed E-state index contributed by atoms with van der Waals surface area (Å²) in [5, 5.41) is 2.79. The zero-order valence-electron chi connectivity index (χ0n) is 11.7. The zero-order chi connectivity index (χ0) is 14.5. The lowest BCUT2D eigenvalue weighted by Crippen LogP contribution is -2.59. The summed E-state index contributed by atoms with van der Waals surface area (Å²) in [6, 6.07) is 8.29. The highest BCUT2D eigenvalue weighted by atomic mass is 16.2. The number of hydrogen-bond donors (Lipinski definition) is 1. The van der Waals surface area contributed by atoms with E-state index in [9.17, 15) is 9.59 Å². The van der Waals surface area contributed by atoms with Gasteiger partial charge in [0.15, 0.2) is 0 Å². The average molecular weight is 270 g/mol. The van der Waals surface area contributed by atoms with Crippen LogP contribution in [-0.4, -0.2) is 29.3 Å². The van der Waals surface area contributed by atoms with Gasteiger partial charge in [-0.2, -0.15) is 0 Å². The van der Waals surface area contributed by atoms with E-state index in [-0.39, 0.29) is 18.4 Å². The Labute approximate surface area is 119 Å². The largest absolute Gasteiger partial charge is 0.342 e. The molecule has 20 heavy (non-hydrogen) atoms. The molecule has 2 rings (SSSR count). The van der Waals surface area contributed by atoms with Gasteiger partial charge in [0, 0.05) is 0 Å². The van der Waals surface area contributed by atoms with Crippen LogP contribution in [0.25, 0.3) is 0 Å². The molecule has 0 bridgehead atoms. The summed E-state index contributed by atoms with van der Waals surface area (Å²) in [5.74, 6) is 5.46. The van der Waals surface area contributed by atoms with Gasteiger partial charge in [0.25, 0.3) is 0 Å². The molecule has 1 saturated heterocycles. The number of carbonyl (C=O) groups excluding carboxylic acids is 2. The molecule has 0 aromatic heterocycles. The minimum Gasteiger partial charge on any atom is -0.342 e. The molecule has 1 aromatic rings. The topological polar surface area (TPSA) is 49.4 Å². The van der Waals surface area contributed by atoms with Gasteiger partial charge in [-0.3, -0.25) is 9.59 Å². The highest BCUT2D eigenvalue weighted by Crippen LogP contribution is 2.25. The van der Waals surface area contributed by atoms with Crippen molar-refractivity contribution >= 4 is 11.8 Å². The van der Waals surface area contributed by atoms with Crippen LogP contribution in [0.15, 0.2) is 30.3 Å². The third kappa shape index (κ3) is 2.67. The van der Waals surface area contributed by atoms with Crippen molar-refractivity contribution in [3.63, 3.8) is 0 Å². The zero-order valence-corrected chi connectivity index (χ0v) is 11.7. The Balaban J connectivity index is 2.37. The molecule has 0 saturated carbocycles. The van der Waals surface area contributed by atoms with Gasteiger partial charge in [0.05, 0.1) is 6.54 Å². The number of piperazine rings is 1. The molecule has 2 unspecified atom stereocenters. The fraction of sp³-hybridized carbons (Fsp3) is 0.375. The minimum atomic E-state index is -0.590. The normalized spacial score (nSPS) is 22.0. The lowest BCUT2D eigenvalue weighted by molar-refractivity contribution is -0.149. The highest BCUT2D eigenvalue weighted by molar-refractivity contribution is 5.97. The Morgan fingerprint density at radius 3 is 2.55 bits per heavy atom. The smallest absolute Gasteiger partial charge is 0.248 e. The number of nitrogens with zero attached hydrogens (tertiary/aromatic N) is 1. The second-order valence-corrected chi connectivity index (χ2v) is 4.68. The van der Waals surface area contributed by atoms with Crippen LogP contribution in [0, 0.1) is 11.8 Å². The van der Waals surface area contributed by atoms with Crippen molar-refractivity contribution in [3.8, 4) is 11.8 Å². The maximum Gasteiger partial charge on any atom is 0.248 e. The number of carbonyl (C=O) groups is 2. The van der Waals surface area contributed by atoms with Crippen molar-refractivity contribution in [1.82, 2.24) is 10.2 Å². The molecule has 2 atom stereocenters. The molecule has 104 valence electrons. The quantitative estimate of drug-likeness (QED) is 0.846. The third-order valence-corrected chi connectivity index (χ3v) is 3.41. The van der Waals surface area contributed by atoms with Crippen LogP contribution in [0.1, 0.15) is 31.9 Å². The number of nitrogens with one attached hydrogen (secondary N) is 1. The molecule has 0 spiro atoms. The summed E-state index contributed by atoms with van der Waals surface area (Å²) < 4.78 is 0. The summed E-state index contributed by atoms with van der Waals surface area (Å²) in [4.78, 5) is 26.3. The van der Waals surface area contributed by atoms with Gasteiger partial charge >= 0.3 is 0 Å². The van der Waals surface area contributed by atoms with Gasteiger partial charge in [-0.1, -0.05) is 43.2 Å². The van der Waals surface area contributed by atoms with E-state index < -0.39 is 12.1 Å². The predicted octanol–water partition coefficient (Wildman–Crippen LogP) is 1.49. The highest BCUT2D eigenvalue weighted by Gasteiger charge is 2.40. The maximum absolute atomic E-state index is 12.4. The van der Waals surface area contributed by atoms with Crippen LogP contribution < -0.4 is 5.32 Å². The van der Waals surface area contributed by atoms with Crippen molar-refractivity contribution < 1.29 is 9.59 Å². The van der Waals surface area contributed by atoms with Crippen molar-refractivity contribution in [2.75, 3.05) is 6.54 Å². The Morgan fingerprint density at radius 2 is 1.95 bits per heavy atom. The summed E-state index contributed by atoms with van der Waals surface area (Å²) in [6.07, 6.45) is 0.585. The molecule has 1 N–H and O–H groups in total. The molecule has 0 aliphatic carbocycles. The first-order chi connectivity index (χ1) is 9.69. The molecule has 4 heteroatoms. The molecule has 1 aliphatic heterocycles. The molecule has 1 aliphatic rings. The van der Waals surface area contributed by atoms with Gasteiger partial charge in [-0.05, 0) is 18.9 Å². The van der Waals surface area contributed by atoms with Crippen LogP contribution in [0.4, 0.5) is 0 Å². The molecule has 2 amide bonds. The number of hydrogen-bond acceptors (Lipinski definition) is 2. The first-order valence-corrected chi connectivity index (χ1v) is 6.74. The lowest BCUT2D eigenvalue weighted by Gasteiger charge is -2.38. The average Bonchev–Trinajstić information content (AvgIpc) is 2.48. The second kappa shape index (κ2) is 6.25. The molecule has 4 nitrogen and oxygen atoms in total. The first-order valence-electron chi connectivity index (χ1n) is 6.74. The maximum atomic E-state index is 12.4. The van der Waals surface area contributed by atoms with Gasteiger partial charge in [-0.15, -0.1) is 5.92 Å². The van der Waals surface area contributed by atoms with E-state index in [1.165, 1.54) is 0 Å². The van der Waals surface area contributed by atoms with Crippen molar-refractivity contribution in [2.45, 2.75) is 32.4 Å². The third-order valence-electron chi connectivity index (χ3n) is 3.41. The Bertz CT molecular complexity index is 557. The van der Waals surface area contributed by atoms with Crippen LogP contribution >= 0.6 is 0 Å². The van der Waals surface area contributed by atoms with E-state index in [1.807, 2.05) is 37.3 Å². The number of rotatable bonds is 3. The molecular weight excluding hydrogens is 252 g/mol. The molecule has 1 aromatic carbocycles. The second-order valence-electron chi connectivity index (χ2n) is 4.68. The first kappa shape index (κ1) is 14.1. The molecule has 1 fully saturated rings. The van der Waals surface area contributed by atoms with E-state index in [0.29, 0.717) is 6.42 Å². The Kier molecular flexibility index (Phi) is 4.41. The van der Waals surface area contributed by atoms with Crippen molar-refractivity contribution in [1.29, 1.82) is 0 Å². The molecular formula is C16H18N2O2. The van der Waals surface area contributed by atoms with Crippen molar-refractivity contribution in [2.24, 2.45) is 0 Å². The van der Waals surface area contributed by atoms with Crippen LogP contribution in [-0.2, 0) is 9.59 Å². The summed E-state index contributed by atoms with van der Waals surface area (Å²) >= 11 is 0. The van der Waals surface area contributed by atoms with Gasteiger partial charge in [0.1, 0.15) is 12.1 Å². The predicted molar refractivity (Wildman–Crippen MR) is 76.6 cm³/mol. The lowest BCUT2D eigenvalue weighted by atomic mass is 9.99. The van der Waals surface area contributed by atoms with Crippen LogP contribution in [0.2, 0.25) is 0 Å². The van der Waals surface area contributed by atoms with E-state index in [2.05, 4.69) is 17.2 Å². The van der Waals surface area contributed by atoms with Crippen LogP contribution in [0.5, 0.6) is 0 Å². The van der Waals surface area contributed by atoms with Crippen molar-refractivity contribution in [3.05, 3.63) is 35.9 Å². The Morgan fingerprint density at radius 1 is 1.25 bits per heavy atom. The van der Waals surface area contributed by atoms with Gasteiger partial charge < -0.3 is 10.2 Å². The van der Waals surface area contributed by atoms with E-state index in [1.54, 1.807) is 11.8 Å². The molecule has 1 heterocycles. The fourth-order valence-electron chi connectivity index (χ4n) is 2.36. The SMILES string of the molecule is CC#CCN1C(=O)C(CC)NC(=O)C1c1ccccc1. The van der Waals surface area contributed by atoms with Gasteiger partial charge in [0.2, 0.25) is 11.8 Å². The fourth-order valence-corrected chi connectivity index (χ4v) is 2.36. The van der Waals surface area contributed by atoms with E-state index >= 15 is 0 Å². The number of benzene rings is 1. The Hall–Kier alpha value is -2.28. The van der Waals surface area contributed by atoms with E-state index in [4.69, 9.17) is 0 Å². The summed E-state index contributed by atoms with van der Waals surface area (Å²) in [6.45, 7) is 3.89.